The van der Waals surface area contributed by atoms with Crippen LogP contribution in [0.2, 0.25) is 0 Å². The molecule has 0 amide bonds. The van der Waals surface area contributed by atoms with Gasteiger partial charge in [0.15, 0.2) is 28.6 Å². The van der Waals surface area contributed by atoms with E-state index in [0.29, 0.717) is 50.0 Å². The maximum atomic E-state index is 15.1. The molecule has 9 aromatic carbocycles. The minimum Gasteiger partial charge on any atom is -0.454 e. The smallest absolute Gasteiger partial charge is 0.416 e. The van der Waals surface area contributed by atoms with Crippen molar-refractivity contribution in [1.82, 2.24) is 24.1 Å². The normalized spacial score (nSPS) is 12.6. The molecule has 0 radical (unpaired) electrons. The van der Waals surface area contributed by atoms with Crippen molar-refractivity contribution < 1.29 is 35.2 Å². The monoisotopic (exact) mass is 955 g/mol. The molecule has 0 saturated carbocycles. The first kappa shape index (κ1) is 41.7. The highest BCUT2D eigenvalue weighted by Crippen LogP contribution is 2.46. The van der Waals surface area contributed by atoms with Gasteiger partial charge in [-0.1, -0.05) is 115 Å². The third kappa shape index (κ3) is 6.22. The highest BCUT2D eigenvalue weighted by atomic mass is 19.4. The second-order valence-electron chi connectivity index (χ2n) is 17.7. The van der Waals surface area contributed by atoms with Crippen molar-refractivity contribution in [1.29, 1.82) is 0 Å². The van der Waals surface area contributed by atoms with Crippen molar-refractivity contribution in [2.45, 2.75) is 12.4 Å². The summed E-state index contributed by atoms with van der Waals surface area (Å²) in [4.78, 5) is 14.8. The lowest BCUT2D eigenvalue weighted by Crippen LogP contribution is -2.10. The van der Waals surface area contributed by atoms with Crippen molar-refractivity contribution in [2.24, 2.45) is 0 Å². The van der Waals surface area contributed by atoms with E-state index >= 15 is 26.3 Å². The molecule has 7 nitrogen and oxygen atoms in total. The molecular weight excluding hydrogens is 925 g/mol. The molecule has 0 aliphatic carbocycles. The van der Waals surface area contributed by atoms with Crippen molar-refractivity contribution >= 4 is 87.5 Å². The summed E-state index contributed by atoms with van der Waals surface area (Å²) in [6, 6.07) is 53.6. The number of rotatable bonds is 5. The third-order valence-electron chi connectivity index (χ3n) is 13.6. The van der Waals surface area contributed by atoms with Crippen LogP contribution in [0.1, 0.15) is 11.1 Å². The van der Waals surface area contributed by atoms with Crippen LogP contribution < -0.4 is 0 Å². The molecule has 0 aliphatic heterocycles. The SMILES string of the molecule is FC(F)(F)c1ccc(-n2c3ccccc3c3ccc4c5ccccc5oc4c32)c(-c2nc(-c3ccccc3)nc(-c3cc(C(F)(F)F)ccc3-n3c4ccccc4c4ccc5c6ccccc6oc5c43)n2)c1. The molecule has 5 heterocycles. The molecule has 5 aromatic heterocycles. The number of benzene rings is 9. The Kier molecular flexibility index (Phi) is 8.77. The summed E-state index contributed by atoms with van der Waals surface area (Å²) in [6.45, 7) is 0. The molecule has 0 spiro atoms. The van der Waals surface area contributed by atoms with Crippen molar-refractivity contribution in [2.75, 3.05) is 0 Å². The Bertz CT molecular complexity index is 4300. The fraction of sp³-hybridized carbons (Fsp3) is 0.0339. The Hall–Kier alpha value is -9.23. The molecular formula is C59H31F6N5O2. The second-order valence-corrected chi connectivity index (χ2v) is 17.7. The van der Waals surface area contributed by atoms with Crippen molar-refractivity contribution in [3.8, 4) is 45.5 Å². The van der Waals surface area contributed by atoms with Crippen LogP contribution in [0.3, 0.4) is 0 Å². The lowest BCUT2D eigenvalue weighted by atomic mass is 10.0. The predicted octanol–water partition coefficient (Wildman–Crippen LogP) is 16.9. The van der Waals surface area contributed by atoms with Gasteiger partial charge < -0.3 is 18.0 Å². The summed E-state index contributed by atoms with van der Waals surface area (Å²) < 4.78 is 107. The zero-order chi connectivity index (χ0) is 48.6. The van der Waals surface area contributed by atoms with Crippen LogP contribution >= 0.6 is 0 Å². The van der Waals surface area contributed by atoms with E-state index in [1.54, 1.807) is 30.3 Å². The quantitative estimate of drug-likeness (QED) is 0.161. The van der Waals surface area contributed by atoms with E-state index in [2.05, 4.69) is 0 Å². The number of nitrogens with zero attached hydrogens (tertiary/aromatic N) is 5. The summed E-state index contributed by atoms with van der Waals surface area (Å²) in [6.07, 6.45) is -9.63. The van der Waals surface area contributed by atoms with Gasteiger partial charge in [-0.05, 0) is 72.8 Å². The molecule has 0 unspecified atom stereocenters. The summed E-state index contributed by atoms with van der Waals surface area (Å²) in [7, 11) is 0. The highest BCUT2D eigenvalue weighted by molar-refractivity contribution is 6.23. The number of para-hydroxylation sites is 4. The molecule has 0 aliphatic rings. The largest absolute Gasteiger partial charge is 0.454 e. The van der Waals surface area contributed by atoms with E-state index in [0.717, 1.165) is 67.4 Å². The number of hydrogen-bond acceptors (Lipinski definition) is 5. The average molecular weight is 956 g/mol. The highest BCUT2D eigenvalue weighted by Gasteiger charge is 2.35. The van der Waals surface area contributed by atoms with E-state index < -0.39 is 23.5 Å². The number of alkyl halides is 6. The number of furan rings is 2. The molecule has 0 bridgehead atoms. The first-order valence-corrected chi connectivity index (χ1v) is 22.9. The summed E-state index contributed by atoms with van der Waals surface area (Å²) in [5, 5.41) is 6.48. The van der Waals surface area contributed by atoms with Crippen molar-refractivity contribution in [3.05, 3.63) is 199 Å². The molecule has 0 N–H and O–H groups in total. The average Bonchev–Trinajstić information content (AvgIpc) is 4.16. The van der Waals surface area contributed by atoms with E-state index in [9.17, 15) is 0 Å². The fourth-order valence-corrected chi connectivity index (χ4v) is 10.5. The molecule has 14 aromatic rings. The first-order valence-electron chi connectivity index (χ1n) is 22.9. The third-order valence-corrected chi connectivity index (χ3v) is 13.6. The Balaban J connectivity index is 1.10. The summed E-state index contributed by atoms with van der Waals surface area (Å²) in [5.74, 6) is -0.410. The molecule has 0 saturated heterocycles. The minimum absolute atomic E-state index is 0.0196. The molecule has 13 heteroatoms. The summed E-state index contributed by atoms with van der Waals surface area (Å²) >= 11 is 0. The van der Waals surface area contributed by atoms with Gasteiger partial charge in [-0.25, -0.2) is 15.0 Å². The predicted molar refractivity (Wildman–Crippen MR) is 269 cm³/mol. The minimum atomic E-state index is -4.81. The number of fused-ring (bicyclic) bond motifs is 14. The molecule has 0 fully saturated rings. The number of hydrogen-bond donors (Lipinski definition) is 0. The standard InChI is InChI=1S/C59H31F6N5O2/c60-58(61,62)33-22-28-47(69-45-18-8-4-14-35(45)39-24-26-41-37-16-6-10-20-49(37)71-53(41)51(39)69)43(30-33)56-66-55(32-12-2-1-3-13-32)67-57(68-56)44-31-34(59(63,64)65)23-29-48(44)70-46-19-9-5-15-36(46)40-25-27-42-38-17-7-11-21-50(38)72-54(42)52(40)70/h1-31H. The van der Waals surface area contributed by atoms with Gasteiger partial charge in [0.05, 0.1) is 44.6 Å². The van der Waals surface area contributed by atoms with Gasteiger partial charge in [-0.15, -0.1) is 0 Å². The van der Waals surface area contributed by atoms with E-state index in [1.165, 1.54) is 12.1 Å². The van der Waals surface area contributed by atoms with Crippen LogP contribution in [-0.4, -0.2) is 24.1 Å². The van der Waals surface area contributed by atoms with Gasteiger partial charge in [0.1, 0.15) is 11.2 Å². The fourth-order valence-electron chi connectivity index (χ4n) is 10.5. The van der Waals surface area contributed by atoms with Crippen LogP contribution in [0.25, 0.3) is 133 Å². The first-order chi connectivity index (χ1) is 35.0. The van der Waals surface area contributed by atoms with Gasteiger partial charge >= 0.3 is 12.4 Å². The Morgan fingerprint density at radius 1 is 0.347 bits per heavy atom. The van der Waals surface area contributed by atoms with Gasteiger partial charge in [0.25, 0.3) is 0 Å². The van der Waals surface area contributed by atoms with Crippen LogP contribution in [0, 0.1) is 0 Å². The molecule has 72 heavy (non-hydrogen) atoms. The molecule has 0 atom stereocenters. The Morgan fingerprint density at radius 2 is 0.736 bits per heavy atom. The molecule has 14 rings (SSSR count). The number of halogens is 6. The second kappa shape index (κ2) is 15.1. The van der Waals surface area contributed by atoms with Crippen LogP contribution in [0.15, 0.2) is 197 Å². The Morgan fingerprint density at radius 3 is 1.19 bits per heavy atom. The lowest BCUT2D eigenvalue weighted by Gasteiger charge is -2.18. The van der Waals surface area contributed by atoms with E-state index in [1.807, 2.05) is 130 Å². The van der Waals surface area contributed by atoms with Gasteiger partial charge in [-0.3, -0.25) is 0 Å². The Labute approximate surface area is 402 Å². The maximum Gasteiger partial charge on any atom is 0.416 e. The number of aromatic nitrogens is 5. The zero-order valence-corrected chi connectivity index (χ0v) is 37.2. The van der Waals surface area contributed by atoms with Gasteiger partial charge in [0, 0.05) is 59.8 Å². The van der Waals surface area contributed by atoms with E-state index in [4.69, 9.17) is 23.8 Å². The zero-order valence-electron chi connectivity index (χ0n) is 37.2. The summed E-state index contributed by atoms with van der Waals surface area (Å²) in [5.41, 5.74) is 3.64. The van der Waals surface area contributed by atoms with Crippen LogP contribution in [-0.2, 0) is 12.4 Å². The van der Waals surface area contributed by atoms with E-state index in [-0.39, 0.29) is 40.0 Å². The lowest BCUT2D eigenvalue weighted by molar-refractivity contribution is -0.138. The van der Waals surface area contributed by atoms with Crippen molar-refractivity contribution in [3.63, 3.8) is 0 Å². The molecule has 346 valence electrons. The van der Waals surface area contributed by atoms with Gasteiger partial charge in [0.2, 0.25) is 0 Å². The van der Waals surface area contributed by atoms with Crippen LogP contribution in [0.5, 0.6) is 0 Å². The van der Waals surface area contributed by atoms with Crippen LogP contribution in [0.4, 0.5) is 26.3 Å². The topological polar surface area (TPSA) is 74.8 Å². The maximum absolute atomic E-state index is 15.1. The van der Waals surface area contributed by atoms with Gasteiger partial charge in [-0.2, -0.15) is 26.3 Å².